The molecule has 0 heterocycles. The number of methoxy groups -OCH3 is 2. The van der Waals surface area contributed by atoms with Crippen molar-refractivity contribution in [3.8, 4) is 0 Å². The third-order valence-corrected chi connectivity index (χ3v) is 2.61. The van der Waals surface area contributed by atoms with Crippen molar-refractivity contribution in [1.82, 2.24) is 0 Å². The highest BCUT2D eigenvalue weighted by Crippen LogP contribution is 2.13. The van der Waals surface area contributed by atoms with Gasteiger partial charge in [-0.25, -0.2) is 0 Å². The van der Waals surface area contributed by atoms with Crippen molar-refractivity contribution >= 4 is 0 Å². The summed E-state index contributed by atoms with van der Waals surface area (Å²) < 4.78 is 21.7. The van der Waals surface area contributed by atoms with Crippen LogP contribution >= 0.6 is 0 Å². The van der Waals surface area contributed by atoms with Crippen LogP contribution in [0.15, 0.2) is 0 Å². The van der Waals surface area contributed by atoms with Gasteiger partial charge in [-0.2, -0.15) is 0 Å². The largest absolute Gasteiger partial charge is 0.385 e. The highest BCUT2D eigenvalue weighted by Gasteiger charge is 2.15. The van der Waals surface area contributed by atoms with Gasteiger partial charge in [0, 0.05) is 20.8 Å². The first-order chi connectivity index (χ1) is 8.60. The molecule has 0 rings (SSSR count). The zero-order chi connectivity index (χ0) is 13.8. The third kappa shape index (κ3) is 11.0. The predicted molar refractivity (Wildman–Crippen MR) is 73.0 cm³/mol. The van der Waals surface area contributed by atoms with Gasteiger partial charge in [0.25, 0.3) is 0 Å². The van der Waals surface area contributed by atoms with Crippen molar-refractivity contribution in [3.63, 3.8) is 0 Å². The van der Waals surface area contributed by atoms with Gasteiger partial charge in [0.05, 0.1) is 31.5 Å². The van der Waals surface area contributed by atoms with Gasteiger partial charge in [-0.1, -0.05) is 0 Å². The van der Waals surface area contributed by atoms with Crippen LogP contribution in [0.4, 0.5) is 0 Å². The molecule has 0 aliphatic carbocycles. The molecule has 110 valence electrons. The van der Waals surface area contributed by atoms with E-state index >= 15 is 0 Å². The third-order valence-electron chi connectivity index (χ3n) is 2.61. The summed E-state index contributed by atoms with van der Waals surface area (Å²) >= 11 is 0. The molecule has 0 amide bonds. The molecular weight excluding hydrogens is 232 g/mol. The molecule has 0 aromatic rings. The number of rotatable bonds is 12. The summed E-state index contributed by atoms with van der Waals surface area (Å²) in [5.41, 5.74) is 0. The molecule has 18 heavy (non-hydrogen) atoms. The van der Waals surface area contributed by atoms with Crippen LogP contribution in [-0.2, 0) is 18.9 Å². The lowest BCUT2D eigenvalue weighted by molar-refractivity contribution is -0.0450. The van der Waals surface area contributed by atoms with Crippen LogP contribution in [0.1, 0.15) is 40.0 Å². The molecule has 0 spiro atoms. The maximum Gasteiger partial charge on any atom is 0.0704 e. The Kier molecular flexibility index (Phi) is 11.8. The van der Waals surface area contributed by atoms with Gasteiger partial charge in [-0.05, 0) is 40.0 Å². The number of hydrogen-bond acceptors (Lipinski definition) is 4. The van der Waals surface area contributed by atoms with Crippen molar-refractivity contribution in [1.29, 1.82) is 0 Å². The molecule has 0 aromatic heterocycles. The molecule has 4 nitrogen and oxygen atoms in total. The fourth-order valence-corrected chi connectivity index (χ4v) is 1.91. The standard InChI is InChI=1S/C14H30O4/c1-12(2)18-13(3)11-14(7-6-8-15-4)17-10-9-16-5/h12-14H,6-11H2,1-5H3. The Bertz CT molecular complexity index is 163. The van der Waals surface area contributed by atoms with E-state index in [-0.39, 0.29) is 18.3 Å². The van der Waals surface area contributed by atoms with E-state index in [1.165, 1.54) is 0 Å². The average molecular weight is 262 g/mol. The summed E-state index contributed by atoms with van der Waals surface area (Å²) in [6, 6.07) is 0. The van der Waals surface area contributed by atoms with Gasteiger partial charge in [0.15, 0.2) is 0 Å². The first-order valence-electron chi connectivity index (χ1n) is 6.85. The topological polar surface area (TPSA) is 36.9 Å². The maximum atomic E-state index is 5.82. The van der Waals surface area contributed by atoms with Crippen molar-refractivity contribution in [2.75, 3.05) is 34.0 Å². The van der Waals surface area contributed by atoms with Crippen LogP contribution in [0.2, 0.25) is 0 Å². The van der Waals surface area contributed by atoms with E-state index in [9.17, 15) is 0 Å². The SMILES string of the molecule is COCCCC(CC(C)OC(C)C)OCCOC. The molecule has 0 N–H and O–H groups in total. The normalized spacial score (nSPS) is 15.0. The second kappa shape index (κ2) is 11.9. The van der Waals surface area contributed by atoms with E-state index < -0.39 is 0 Å². The summed E-state index contributed by atoms with van der Waals surface area (Å²) in [5, 5.41) is 0. The van der Waals surface area contributed by atoms with Crippen molar-refractivity contribution in [3.05, 3.63) is 0 Å². The van der Waals surface area contributed by atoms with Gasteiger partial charge in [-0.3, -0.25) is 0 Å². The minimum atomic E-state index is 0.222. The average Bonchev–Trinajstić information content (AvgIpc) is 2.28. The Balaban J connectivity index is 3.93. The van der Waals surface area contributed by atoms with Gasteiger partial charge in [-0.15, -0.1) is 0 Å². The van der Waals surface area contributed by atoms with Crippen molar-refractivity contribution in [2.24, 2.45) is 0 Å². The number of hydrogen-bond donors (Lipinski definition) is 0. The van der Waals surface area contributed by atoms with Crippen molar-refractivity contribution < 1.29 is 18.9 Å². The molecule has 0 fully saturated rings. The minimum absolute atomic E-state index is 0.222. The van der Waals surface area contributed by atoms with Crippen LogP contribution in [0.25, 0.3) is 0 Å². The fourth-order valence-electron chi connectivity index (χ4n) is 1.91. The van der Waals surface area contributed by atoms with E-state index in [0.717, 1.165) is 25.9 Å². The lowest BCUT2D eigenvalue weighted by Gasteiger charge is -2.23. The van der Waals surface area contributed by atoms with Crippen LogP contribution in [0, 0.1) is 0 Å². The van der Waals surface area contributed by atoms with Gasteiger partial charge < -0.3 is 18.9 Å². The van der Waals surface area contributed by atoms with E-state index in [4.69, 9.17) is 18.9 Å². The second-order valence-electron chi connectivity index (χ2n) is 4.85. The Morgan fingerprint density at radius 2 is 1.56 bits per heavy atom. The van der Waals surface area contributed by atoms with Gasteiger partial charge in [0.1, 0.15) is 0 Å². The van der Waals surface area contributed by atoms with Gasteiger partial charge in [0.2, 0.25) is 0 Å². The maximum absolute atomic E-state index is 5.82. The summed E-state index contributed by atoms with van der Waals surface area (Å²) in [5.74, 6) is 0. The molecular formula is C14H30O4. The van der Waals surface area contributed by atoms with Crippen LogP contribution in [0.3, 0.4) is 0 Å². The fraction of sp³-hybridized carbons (Fsp3) is 1.00. The highest BCUT2D eigenvalue weighted by atomic mass is 16.5. The lowest BCUT2D eigenvalue weighted by atomic mass is 10.1. The Morgan fingerprint density at radius 3 is 2.11 bits per heavy atom. The summed E-state index contributed by atoms with van der Waals surface area (Å²) in [7, 11) is 3.42. The molecule has 4 heteroatoms. The molecule has 0 bridgehead atoms. The Labute approximate surface area is 112 Å². The van der Waals surface area contributed by atoms with E-state index in [1.54, 1.807) is 14.2 Å². The minimum Gasteiger partial charge on any atom is -0.385 e. The van der Waals surface area contributed by atoms with E-state index in [2.05, 4.69) is 20.8 Å². The molecule has 2 unspecified atom stereocenters. The Hall–Kier alpha value is -0.160. The molecule has 0 saturated carbocycles. The van der Waals surface area contributed by atoms with Crippen LogP contribution in [-0.4, -0.2) is 52.4 Å². The van der Waals surface area contributed by atoms with Crippen LogP contribution < -0.4 is 0 Å². The van der Waals surface area contributed by atoms with Crippen molar-refractivity contribution in [2.45, 2.75) is 58.3 Å². The first-order valence-corrected chi connectivity index (χ1v) is 6.85. The molecule has 2 atom stereocenters. The zero-order valence-electron chi connectivity index (χ0n) is 12.6. The molecule has 0 radical (unpaired) electrons. The van der Waals surface area contributed by atoms with E-state index in [0.29, 0.717) is 13.2 Å². The summed E-state index contributed by atoms with van der Waals surface area (Å²) in [6.45, 7) is 8.28. The lowest BCUT2D eigenvalue weighted by Crippen LogP contribution is -2.25. The smallest absolute Gasteiger partial charge is 0.0704 e. The number of ether oxygens (including phenoxy) is 4. The van der Waals surface area contributed by atoms with E-state index in [1.807, 2.05) is 0 Å². The quantitative estimate of drug-likeness (QED) is 0.507. The second-order valence-corrected chi connectivity index (χ2v) is 4.85. The zero-order valence-corrected chi connectivity index (χ0v) is 12.6. The summed E-state index contributed by atoms with van der Waals surface area (Å²) in [4.78, 5) is 0. The first kappa shape index (κ1) is 17.8. The highest BCUT2D eigenvalue weighted by molar-refractivity contribution is 4.64. The summed E-state index contributed by atoms with van der Waals surface area (Å²) in [6.07, 6.45) is 3.65. The molecule has 0 aliphatic heterocycles. The Morgan fingerprint density at radius 1 is 0.889 bits per heavy atom. The van der Waals surface area contributed by atoms with Crippen LogP contribution in [0.5, 0.6) is 0 Å². The van der Waals surface area contributed by atoms with Gasteiger partial charge >= 0.3 is 0 Å². The molecule has 0 saturated heterocycles. The monoisotopic (exact) mass is 262 g/mol. The molecule has 0 aliphatic rings. The molecule has 0 aromatic carbocycles. The predicted octanol–water partition coefficient (Wildman–Crippen LogP) is 2.65.